The highest BCUT2D eigenvalue weighted by atomic mass is 31.2. The van der Waals surface area contributed by atoms with E-state index in [1.54, 1.807) is 0 Å². The number of allylic oxidation sites excluding steroid dienone is 12. The van der Waals surface area contributed by atoms with Crippen molar-refractivity contribution >= 4 is 19.8 Å². The minimum atomic E-state index is -4.65. The van der Waals surface area contributed by atoms with Crippen LogP contribution >= 0.6 is 7.82 Å². The van der Waals surface area contributed by atoms with Crippen LogP contribution in [0.25, 0.3) is 0 Å². The number of unbranched alkanes of at least 4 members (excludes halogenated alkanes) is 40. The van der Waals surface area contributed by atoms with Gasteiger partial charge in [-0.2, -0.15) is 0 Å². The molecule has 0 saturated carbocycles. The van der Waals surface area contributed by atoms with Crippen molar-refractivity contribution in [2.75, 3.05) is 47.5 Å². The second-order valence-electron chi connectivity index (χ2n) is 25.2. The van der Waals surface area contributed by atoms with Gasteiger partial charge in [0.1, 0.15) is 19.8 Å². The average molecular weight is 1200 g/mol. The fourth-order valence-corrected chi connectivity index (χ4v) is 11.0. The number of rotatable bonds is 66. The first kappa shape index (κ1) is 81.5. The van der Waals surface area contributed by atoms with E-state index < -0.39 is 26.5 Å². The number of nitrogens with zero attached hydrogens (tertiary/aromatic N) is 1. The van der Waals surface area contributed by atoms with E-state index in [0.717, 1.165) is 83.5 Å². The molecule has 2 atom stereocenters. The van der Waals surface area contributed by atoms with E-state index >= 15 is 0 Å². The summed E-state index contributed by atoms with van der Waals surface area (Å²) in [6, 6.07) is 0. The second-order valence-corrected chi connectivity index (χ2v) is 26.6. The summed E-state index contributed by atoms with van der Waals surface area (Å²) >= 11 is 0. The van der Waals surface area contributed by atoms with Gasteiger partial charge in [0.15, 0.2) is 6.10 Å². The molecule has 0 aliphatic rings. The molecular weight excluding hydrogens is 1060 g/mol. The third-order valence-corrected chi connectivity index (χ3v) is 16.7. The zero-order valence-electron chi connectivity index (χ0n) is 55.8. The van der Waals surface area contributed by atoms with Gasteiger partial charge in [0.25, 0.3) is 7.82 Å². The maximum Gasteiger partial charge on any atom is 0.306 e. The molecule has 0 fully saturated rings. The van der Waals surface area contributed by atoms with Gasteiger partial charge in [-0.3, -0.25) is 14.2 Å². The van der Waals surface area contributed by atoms with E-state index in [4.69, 9.17) is 18.5 Å². The molecule has 0 radical (unpaired) electrons. The topological polar surface area (TPSA) is 111 Å². The number of carbonyl (C=O) groups is 2. The van der Waals surface area contributed by atoms with E-state index in [1.165, 1.54) is 218 Å². The molecule has 0 bridgehead atoms. The molecule has 0 aromatic carbocycles. The number of hydrogen-bond donors (Lipinski definition) is 0. The minimum absolute atomic E-state index is 0.0365. The fraction of sp³-hybridized carbons (Fsp3) is 0.811. The summed E-state index contributed by atoms with van der Waals surface area (Å²) in [4.78, 5) is 38.0. The van der Waals surface area contributed by atoms with Crippen LogP contribution in [0.4, 0.5) is 0 Å². The highest BCUT2D eigenvalue weighted by Gasteiger charge is 2.22. The lowest BCUT2D eigenvalue weighted by Gasteiger charge is -2.28. The van der Waals surface area contributed by atoms with Crippen LogP contribution in [0.1, 0.15) is 335 Å². The molecule has 84 heavy (non-hydrogen) atoms. The lowest BCUT2D eigenvalue weighted by Crippen LogP contribution is -2.37. The second kappa shape index (κ2) is 64.9. The van der Waals surface area contributed by atoms with Gasteiger partial charge in [-0.25, -0.2) is 0 Å². The number of quaternary nitrogens is 1. The van der Waals surface area contributed by atoms with E-state index in [9.17, 15) is 19.0 Å². The van der Waals surface area contributed by atoms with Crippen molar-refractivity contribution in [3.8, 4) is 0 Å². The van der Waals surface area contributed by atoms with E-state index in [2.05, 4.69) is 86.8 Å². The van der Waals surface area contributed by atoms with E-state index in [-0.39, 0.29) is 32.0 Å². The van der Waals surface area contributed by atoms with E-state index in [1.807, 2.05) is 21.1 Å². The van der Waals surface area contributed by atoms with Gasteiger partial charge in [0, 0.05) is 12.8 Å². The van der Waals surface area contributed by atoms with Gasteiger partial charge < -0.3 is 27.9 Å². The van der Waals surface area contributed by atoms with Crippen LogP contribution in [0.5, 0.6) is 0 Å². The van der Waals surface area contributed by atoms with Gasteiger partial charge in [-0.05, 0) is 83.5 Å². The average Bonchev–Trinajstić information content (AvgIpc) is 3.61. The highest BCUT2D eigenvalue weighted by molar-refractivity contribution is 7.45. The number of phosphoric acid groups is 1. The van der Waals surface area contributed by atoms with Crippen molar-refractivity contribution in [3.05, 3.63) is 72.9 Å². The van der Waals surface area contributed by atoms with Gasteiger partial charge in [-0.1, -0.05) is 311 Å². The Bertz CT molecular complexity index is 1650. The molecule has 0 saturated heterocycles. The third kappa shape index (κ3) is 68.6. The molecule has 0 aromatic heterocycles. The summed E-state index contributed by atoms with van der Waals surface area (Å²) < 4.78 is 34.3. The Labute approximate surface area is 520 Å². The number of likely N-dealkylation sites (N-methyl/N-ethyl adjacent to an activating group) is 1. The van der Waals surface area contributed by atoms with Crippen LogP contribution in [-0.4, -0.2) is 70.0 Å². The number of ether oxygens (including phenoxy) is 2. The monoisotopic (exact) mass is 1200 g/mol. The van der Waals surface area contributed by atoms with Crippen LogP contribution < -0.4 is 4.89 Å². The van der Waals surface area contributed by atoms with Crippen molar-refractivity contribution in [1.29, 1.82) is 0 Å². The molecule has 10 heteroatoms. The summed E-state index contributed by atoms with van der Waals surface area (Å²) in [5.41, 5.74) is 0. The molecule has 0 rings (SSSR count). The number of phosphoric ester groups is 1. The standard InChI is InChI=1S/C74H136NO8P/c1-6-8-10-12-14-16-18-20-22-24-26-28-29-30-31-32-33-34-35-36-37-38-39-40-41-42-43-44-45-47-48-50-52-54-56-58-60-62-64-66-73(76)80-70-72(71-82-84(78,79)81-69-68-75(3,4)5)83-74(77)67-65-63-61-59-57-55-53-51-49-46-27-25-23-21-19-17-15-13-11-9-7-2/h9,11,15,17,21,23-24,26-27,46,51,53,72H,6-8,10,12-14,16,18-20,22,25,28-45,47-50,52,54-71H2,1-5H3/b11-9-,17-15-,23-21-,26-24-,46-27-,53-51-. The van der Waals surface area contributed by atoms with Crippen LogP contribution in [0.2, 0.25) is 0 Å². The fourth-order valence-electron chi connectivity index (χ4n) is 10.3. The van der Waals surface area contributed by atoms with Crippen molar-refractivity contribution < 1.29 is 42.1 Å². The maximum atomic E-state index is 12.8. The molecule has 0 heterocycles. The first-order chi connectivity index (χ1) is 41.0. The Morgan fingerprint density at radius 1 is 0.381 bits per heavy atom. The van der Waals surface area contributed by atoms with Crippen LogP contribution in [-0.2, 0) is 32.7 Å². The van der Waals surface area contributed by atoms with Crippen molar-refractivity contribution in [2.45, 2.75) is 341 Å². The van der Waals surface area contributed by atoms with Gasteiger partial charge in [0.2, 0.25) is 0 Å². The lowest BCUT2D eigenvalue weighted by atomic mass is 10.0. The molecule has 0 spiro atoms. The predicted octanol–water partition coefficient (Wildman–Crippen LogP) is 22.5. The number of esters is 2. The van der Waals surface area contributed by atoms with Crippen LogP contribution in [0, 0.1) is 0 Å². The maximum absolute atomic E-state index is 12.8. The van der Waals surface area contributed by atoms with E-state index in [0.29, 0.717) is 17.4 Å². The molecule has 9 nitrogen and oxygen atoms in total. The quantitative estimate of drug-likeness (QED) is 0.0195. The summed E-state index contributed by atoms with van der Waals surface area (Å²) in [6.45, 7) is 4.14. The smallest absolute Gasteiger partial charge is 0.306 e. The minimum Gasteiger partial charge on any atom is -0.756 e. The Kier molecular flexibility index (Phi) is 62.9. The van der Waals surface area contributed by atoms with Gasteiger partial charge in [0.05, 0.1) is 27.7 Å². The normalized spacial score (nSPS) is 13.5. The first-order valence-electron chi connectivity index (χ1n) is 35.6. The zero-order chi connectivity index (χ0) is 61.2. The first-order valence-corrected chi connectivity index (χ1v) is 37.1. The largest absolute Gasteiger partial charge is 0.756 e. The Balaban J connectivity index is 3.93. The Morgan fingerprint density at radius 2 is 0.679 bits per heavy atom. The molecule has 0 aliphatic heterocycles. The summed E-state index contributed by atoms with van der Waals surface area (Å²) in [5.74, 6) is -0.845. The summed E-state index contributed by atoms with van der Waals surface area (Å²) in [5, 5.41) is 0. The van der Waals surface area contributed by atoms with Crippen molar-refractivity contribution in [3.63, 3.8) is 0 Å². The SMILES string of the molecule is CC/C=C\C/C=C\C/C=C\C/C=C\C/C=C\CCCCCCCC(=O)OC(COC(=O)CCCCCCCCCCCCCCCCCCCCCCCCCCCCC/C=C\CCCCCCCCCC)COP(=O)([O-])OCC[N+](C)(C)C. The molecule has 0 aromatic rings. The highest BCUT2D eigenvalue weighted by Crippen LogP contribution is 2.38. The van der Waals surface area contributed by atoms with Crippen LogP contribution in [0.15, 0.2) is 72.9 Å². The molecular formula is C74H136NO8P. The Morgan fingerprint density at radius 3 is 1.02 bits per heavy atom. The lowest BCUT2D eigenvalue weighted by molar-refractivity contribution is -0.870. The predicted molar refractivity (Wildman–Crippen MR) is 360 cm³/mol. The summed E-state index contributed by atoms with van der Waals surface area (Å²) in [6.07, 6.45) is 87.3. The number of hydrogen-bond acceptors (Lipinski definition) is 8. The molecule has 0 aliphatic carbocycles. The van der Waals surface area contributed by atoms with Crippen LogP contribution in [0.3, 0.4) is 0 Å². The molecule has 2 unspecified atom stereocenters. The molecule has 490 valence electrons. The zero-order valence-corrected chi connectivity index (χ0v) is 56.7. The van der Waals surface area contributed by atoms with Gasteiger partial charge in [-0.15, -0.1) is 0 Å². The molecule has 0 N–H and O–H groups in total. The van der Waals surface area contributed by atoms with Crippen molar-refractivity contribution in [2.24, 2.45) is 0 Å². The van der Waals surface area contributed by atoms with Gasteiger partial charge >= 0.3 is 11.9 Å². The third-order valence-electron chi connectivity index (χ3n) is 15.7. The molecule has 0 amide bonds. The summed E-state index contributed by atoms with van der Waals surface area (Å²) in [7, 11) is 1.16. The van der Waals surface area contributed by atoms with Crippen molar-refractivity contribution in [1.82, 2.24) is 0 Å². The Hall–Kier alpha value is -2.55. The number of carbonyl (C=O) groups excluding carboxylic acids is 2.